The summed E-state index contributed by atoms with van der Waals surface area (Å²) < 4.78 is 0. The predicted molar refractivity (Wildman–Crippen MR) is 79.1 cm³/mol. The average molecular weight is 265 g/mol. The predicted octanol–water partition coefficient (Wildman–Crippen LogP) is 1.90. The lowest BCUT2D eigenvalue weighted by molar-refractivity contribution is -0.126. The molecule has 0 aliphatic rings. The molecule has 0 aliphatic carbocycles. The van der Waals surface area contributed by atoms with Crippen molar-refractivity contribution in [3.05, 3.63) is 24.0 Å². The number of hydrogen-bond acceptors (Lipinski definition) is 2. The third kappa shape index (κ3) is 4.39. The quantitative estimate of drug-likeness (QED) is 0.705. The first-order chi connectivity index (χ1) is 8.88. The number of nitrogens with one attached hydrogen (secondary N) is 3. The molecular formula is C15H27N3O. The van der Waals surface area contributed by atoms with Crippen LogP contribution in [-0.2, 0) is 10.2 Å². The molecular weight excluding hydrogens is 238 g/mol. The molecule has 1 rings (SSSR count). The molecule has 0 saturated carbocycles. The Balaban J connectivity index is 2.58. The Morgan fingerprint density at radius 1 is 1.42 bits per heavy atom. The van der Waals surface area contributed by atoms with Crippen LogP contribution in [0.15, 0.2) is 18.3 Å². The average Bonchev–Trinajstić information content (AvgIpc) is 2.87. The number of rotatable bonds is 7. The normalized spacial score (nSPS) is 13.6. The standard InChI is InChI=1S/C15H27N3O/c1-11(2)12(9-16-5)14(19)18-10-15(3,4)13-7-6-8-17-13/h6-8,11-12,16-17H,9-10H2,1-5H3,(H,18,19). The zero-order valence-electron chi connectivity index (χ0n) is 12.7. The van der Waals surface area contributed by atoms with Crippen LogP contribution in [0.1, 0.15) is 33.4 Å². The van der Waals surface area contributed by atoms with Gasteiger partial charge in [-0.25, -0.2) is 0 Å². The molecule has 0 spiro atoms. The first-order valence-electron chi connectivity index (χ1n) is 6.94. The molecule has 0 saturated heterocycles. The highest BCUT2D eigenvalue weighted by Gasteiger charge is 2.26. The number of hydrogen-bond donors (Lipinski definition) is 3. The van der Waals surface area contributed by atoms with Gasteiger partial charge in [0.15, 0.2) is 0 Å². The minimum absolute atomic E-state index is 0.0180. The Labute approximate surface area is 116 Å². The lowest BCUT2D eigenvalue weighted by atomic mass is 9.88. The Kier molecular flexibility index (Phi) is 5.60. The van der Waals surface area contributed by atoms with Crippen molar-refractivity contribution in [2.24, 2.45) is 11.8 Å². The minimum Gasteiger partial charge on any atom is -0.364 e. The van der Waals surface area contributed by atoms with Crippen LogP contribution < -0.4 is 10.6 Å². The molecule has 1 amide bonds. The van der Waals surface area contributed by atoms with E-state index in [0.717, 1.165) is 5.69 Å². The second-order valence-electron chi connectivity index (χ2n) is 6.09. The summed E-state index contributed by atoms with van der Waals surface area (Å²) in [5, 5.41) is 6.17. The largest absolute Gasteiger partial charge is 0.364 e. The fourth-order valence-corrected chi connectivity index (χ4v) is 2.14. The maximum Gasteiger partial charge on any atom is 0.224 e. The molecule has 3 N–H and O–H groups in total. The van der Waals surface area contributed by atoms with Crippen molar-refractivity contribution in [2.75, 3.05) is 20.1 Å². The summed E-state index contributed by atoms with van der Waals surface area (Å²) in [5.41, 5.74) is 1.06. The van der Waals surface area contributed by atoms with Crippen molar-refractivity contribution < 1.29 is 4.79 Å². The SMILES string of the molecule is CNCC(C(=O)NCC(C)(C)c1ccc[nH]1)C(C)C. The van der Waals surface area contributed by atoms with Crippen molar-refractivity contribution in [3.8, 4) is 0 Å². The highest BCUT2D eigenvalue weighted by atomic mass is 16.1. The summed E-state index contributed by atoms with van der Waals surface area (Å²) >= 11 is 0. The van der Waals surface area contributed by atoms with E-state index in [0.29, 0.717) is 19.0 Å². The second-order valence-corrected chi connectivity index (χ2v) is 6.09. The Morgan fingerprint density at radius 2 is 2.11 bits per heavy atom. The van der Waals surface area contributed by atoms with Crippen molar-refractivity contribution in [1.29, 1.82) is 0 Å². The highest BCUT2D eigenvalue weighted by molar-refractivity contribution is 5.79. The van der Waals surface area contributed by atoms with Crippen LogP contribution >= 0.6 is 0 Å². The molecule has 0 radical (unpaired) electrons. The fraction of sp³-hybridized carbons (Fsp3) is 0.667. The van der Waals surface area contributed by atoms with Crippen molar-refractivity contribution in [1.82, 2.24) is 15.6 Å². The van der Waals surface area contributed by atoms with E-state index < -0.39 is 0 Å². The summed E-state index contributed by atoms with van der Waals surface area (Å²) in [4.78, 5) is 15.4. The summed E-state index contributed by atoms with van der Waals surface area (Å²) in [6, 6.07) is 4.04. The minimum atomic E-state index is -0.0830. The van der Waals surface area contributed by atoms with Crippen LogP contribution in [0, 0.1) is 11.8 Å². The molecule has 1 atom stereocenters. The third-order valence-electron chi connectivity index (χ3n) is 3.60. The van der Waals surface area contributed by atoms with Crippen LogP contribution in [-0.4, -0.2) is 31.0 Å². The molecule has 4 nitrogen and oxygen atoms in total. The van der Waals surface area contributed by atoms with E-state index in [1.54, 1.807) is 0 Å². The van der Waals surface area contributed by atoms with E-state index in [2.05, 4.69) is 49.4 Å². The van der Waals surface area contributed by atoms with E-state index in [1.165, 1.54) is 0 Å². The first-order valence-corrected chi connectivity index (χ1v) is 6.94. The van der Waals surface area contributed by atoms with E-state index in [1.807, 2.05) is 19.3 Å². The van der Waals surface area contributed by atoms with Gasteiger partial charge in [0.2, 0.25) is 5.91 Å². The van der Waals surface area contributed by atoms with Crippen LogP contribution in [0.25, 0.3) is 0 Å². The summed E-state index contributed by atoms with van der Waals surface area (Å²) in [5.74, 6) is 0.481. The maximum atomic E-state index is 12.2. The molecule has 4 heteroatoms. The number of carbonyl (C=O) groups excluding carboxylic acids is 1. The molecule has 0 aromatic carbocycles. The van der Waals surface area contributed by atoms with Gasteiger partial charge in [-0.05, 0) is 25.1 Å². The fourth-order valence-electron chi connectivity index (χ4n) is 2.14. The molecule has 0 bridgehead atoms. The number of amides is 1. The molecule has 0 fully saturated rings. The Hall–Kier alpha value is -1.29. The lowest BCUT2D eigenvalue weighted by Gasteiger charge is -2.26. The molecule has 108 valence electrons. The number of aromatic nitrogens is 1. The zero-order chi connectivity index (χ0) is 14.5. The van der Waals surface area contributed by atoms with Gasteiger partial charge in [-0.2, -0.15) is 0 Å². The van der Waals surface area contributed by atoms with E-state index in [9.17, 15) is 4.79 Å². The van der Waals surface area contributed by atoms with Gasteiger partial charge in [0.25, 0.3) is 0 Å². The van der Waals surface area contributed by atoms with Gasteiger partial charge in [0.1, 0.15) is 0 Å². The second kappa shape index (κ2) is 6.75. The van der Waals surface area contributed by atoms with Crippen molar-refractivity contribution >= 4 is 5.91 Å². The summed E-state index contributed by atoms with van der Waals surface area (Å²) in [6.45, 7) is 9.77. The molecule has 1 aromatic rings. The lowest BCUT2D eigenvalue weighted by Crippen LogP contribution is -2.43. The van der Waals surface area contributed by atoms with Crippen LogP contribution in [0.5, 0.6) is 0 Å². The highest BCUT2D eigenvalue weighted by Crippen LogP contribution is 2.20. The van der Waals surface area contributed by atoms with Gasteiger partial charge in [0, 0.05) is 30.4 Å². The number of aromatic amines is 1. The summed E-state index contributed by atoms with van der Waals surface area (Å²) in [6.07, 6.45) is 1.91. The third-order valence-corrected chi connectivity index (χ3v) is 3.60. The summed E-state index contributed by atoms with van der Waals surface area (Å²) in [7, 11) is 1.88. The van der Waals surface area contributed by atoms with Crippen LogP contribution in [0.3, 0.4) is 0 Å². The number of carbonyl (C=O) groups is 1. The molecule has 0 aliphatic heterocycles. The van der Waals surface area contributed by atoms with E-state index in [-0.39, 0.29) is 17.2 Å². The smallest absolute Gasteiger partial charge is 0.224 e. The number of H-pyrrole nitrogens is 1. The van der Waals surface area contributed by atoms with Gasteiger partial charge >= 0.3 is 0 Å². The molecule has 1 unspecified atom stereocenters. The first kappa shape index (κ1) is 15.8. The topological polar surface area (TPSA) is 56.9 Å². The van der Waals surface area contributed by atoms with Gasteiger partial charge < -0.3 is 15.6 Å². The van der Waals surface area contributed by atoms with Gasteiger partial charge in [0.05, 0.1) is 5.92 Å². The Morgan fingerprint density at radius 3 is 2.58 bits per heavy atom. The van der Waals surface area contributed by atoms with E-state index >= 15 is 0 Å². The molecule has 19 heavy (non-hydrogen) atoms. The monoisotopic (exact) mass is 265 g/mol. The van der Waals surface area contributed by atoms with Crippen LogP contribution in [0.4, 0.5) is 0 Å². The van der Waals surface area contributed by atoms with E-state index in [4.69, 9.17) is 0 Å². The molecule has 1 heterocycles. The van der Waals surface area contributed by atoms with Crippen LogP contribution in [0.2, 0.25) is 0 Å². The van der Waals surface area contributed by atoms with Crippen molar-refractivity contribution in [3.63, 3.8) is 0 Å². The maximum absolute atomic E-state index is 12.2. The molecule has 1 aromatic heterocycles. The Bertz CT molecular complexity index is 382. The zero-order valence-corrected chi connectivity index (χ0v) is 12.7. The van der Waals surface area contributed by atoms with Gasteiger partial charge in [-0.15, -0.1) is 0 Å². The van der Waals surface area contributed by atoms with Gasteiger partial charge in [-0.1, -0.05) is 27.7 Å². The van der Waals surface area contributed by atoms with Gasteiger partial charge in [-0.3, -0.25) is 4.79 Å². The van der Waals surface area contributed by atoms with Crippen molar-refractivity contribution in [2.45, 2.75) is 33.1 Å².